The quantitative estimate of drug-likeness (QED) is 0.806. The summed E-state index contributed by atoms with van der Waals surface area (Å²) >= 11 is 0. The number of carbonyl (C=O) groups is 2. The fourth-order valence-electron chi connectivity index (χ4n) is 3.23. The summed E-state index contributed by atoms with van der Waals surface area (Å²) in [5.41, 5.74) is 2.56. The van der Waals surface area contributed by atoms with Gasteiger partial charge in [0.1, 0.15) is 0 Å². The fraction of sp³-hybridized carbons (Fsp3) is 0.318. The number of hydrogen-bond acceptors (Lipinski definition) is 3. The van der Waals surface area contributed by atoms with Crippen LogP contribution >= 0.6 is 0 Å². The monoisotopic (exact) mass is 378 g/mol. The van der Waals surface area contributed by atoms with Crippen LogP contribution in [0.3, 0.4) is 0 Å². The summed E-state index contributed by atoms with van der Waals surface area (Å²) in [6.07, 6.45) is 6.12. The van der Waals surface area contributed by atoms with Gasteiger partial charge in [0.05, 0.1) is 5.69 Å². The zero-order chi connectivity index (χ0) is 19.9. The molecule has 6 heteroatoms. The van der Waals surface area contributed by atoms with Crippen molar-refractivity contribution in [2.45, 2.75) is 26.3 Å². The molecule has 1 unspecified atom stereocenters. The molecule has 0 spiro atoms. The van der Waals surface area contributed by atoms with Crippen molar-refractivity contribution < 1.29 is 9.59 Å². The van der Waals surface area contributed by atoms with Crippen molar-refractivity contribution in [3.8, 4) is 0 Å². The van der Waals surface area contributed by atoms with Gasteiger partial charge in [-0.15, -0.1) is 0 Å². The first-order valence-corrected chi connectivity index (χ1v) is 9.55. The molecule has 2 heterocycles. The molecule has 0 bridgehead atoms. The number of likely N-dealkylation sites (tertiary alicyclic amines) is 1. The lowest BCUT2D eigenvalue weighted by Gasteiger charge is -2.21. The third kappa shape index (κ3) is 5.42. The average Bonchev–Trinajstić information content (AvgIpc) is 3.07. The second-order valence-corrected chi connectivity index (χ2v) is 7.26. The van der Waals surface area contributed by atoms with E-state index in [9.17, 15) is 9.59 Å². The topological polar surface area (TPSA) is 74.3 Å². The third-order valence-electron chi connectivity index (χ3n) is 4.69. The van der Waals surface area contributed by atoms with Gasteiger partial charge in [0, 0.05) is 43.4 Å². The molecule has 2 N–H and O–H groups in total. The molecular formula is C22H26N4O2. The molecule has 3 rings (SSSR count). The van der Waals surface area contributed by atoms with Gasteiger partial charge in [-0.3, -0.25) is 9.78 Å². The van der Waals surface area contributed by atoms with E-state index in [-0.39, 0.29) is 23.9 Å². The Bertz CT molecular complexity index is 849. The molecule has 3 amide bonds. The SMILES string of the molecule is CC(C)N1CC(CNC(=O)Nc2cccc(/C=C/c3ccccn3)c2)CC1=O. The number of hydrogen-bond donors (Lipinski definition) is 2. The molecule has 0 radical (unpaired) electrons. The Labute approximate surface area is 165 Å². The highest BCUT2D eigenvalue weighted by atomic mass is 16.2. The molecule has 0 saturated carbocycles. The van der Waals surface area contributed by atoms with Crippen molar-refractivity contribution in [2.24, 2.45) is 5.92 Å². The van der Waals surface area contributed by atoms with Gasteiger partial charge in [-0.25, -0.2) is 4.79 Å². The van der Waals surface area contributed by atoms with Crippen molar-refractivity contribution in [1.82, 2.24) is 15.2 Å². The molecule has 1 aliphatic rings. The minimum Gasteiger partial charge on any atom is -0.340 e. The van der Waals surface area contributed by atoms with Crippen LogP contribution in [0.5, 0.6) is 0 Å². The van der Waals surface area contributed by atoms with Gasteiger partial charge >= 0.3 is 6.03 Å². The molecule has 1 fully saturated rings. The third-order valence-corrected chi connectivity index (χ3v) is 4.69. The van der Waals surface area contributed by atoms with E-state index in [2.05, 4.69) is 15.6 Å². The molecule has 146 valence electrons. The van der Waals surface area contributed by atoms with Crippen molar-refractivity contribution in [3.05, 3.63) is 59.9 Å². The molecule has 0 aliphatic carbocycles. The van der Waals surface area contributed by atoms with Gasteiger partial charge in [0.25, 0.3) is 0 Å². The predicted octanol–water partition coefficient (Wildman–Crippen LogP) is 3.63. The molecule has 1 saturated heterocycles. The number of benzene rings is 1. The number of nitrogens with zero attached hydrogens (tertiary/aromatic N) is 2. The number of pyridine rings is 1. The molecule has 1 aromatic heterocycles. The van der Waals surface area contributed by atoms with E-state index in [0.717, 1.165) is 11.3 Å². The second-order valence-electron chi connectivity index (χ2n) is 7.26. The first-order chi connectivity index (χ1) is 13.5. The van der Waals surface area contributed by atoms with E-state index in [1.165, 1.54) is 0 Å². The Kier molecular flexibility index (Phi) is 6.42. The Hall–Kier alpha value is -3.15. The lowest BCUT2D eigenvalue weighted by molar-refractivity contribution is -0.129. The van der Waals surface area contributed by atoms with Crippen LogP contribution in [0.25, 0.3) is 12.2 Å². The standard InChI is InChI=1S/C22H26N4O2/c1-16(2)26-15-18(13-21(26)27)14-24-22(28)25-20-8-5-6-17(12-20)9-10-19-7-3-4-11-23-19/h3-12,16,18H,13-15H2,1-2H3,(H2,24,25,28)/b10-9+. The summed E-state index contributed by atoms with van der Waals surface area (Å²) in [4.78, 5) is 30.3. The van der Waals surface area contributed by atoms with E-state index >= 15 is 0 Å². The van der Waals surface area contributed by atoms with Crippen LogP contribution in [0.4, 0.5) is 10.5 Å². The first-order valence-electron chi connectivity index (χ1n) is 9.55. The van der Waals surface area contributed by atoms with Gasteiger partial charge in [-0.2, -0.15) is 0 Å². The van der Waals surface area contributed by atoms with Gasteiger partial charge in [0.15, 0.2) is 0 Å². The van der Waals surface area contributed by atoms with Crippen molar-refractivity contribution in [1.29, 1.82) is 0 Å². The smallest absolute Gasteiger partial charge is 0.319 e. The first kappa shape index (κ1) is 19.6. The van der Waals surface area contributed by atoms with Crippen LogP contribution in [0, 0.1) is 5.92 Å². The largest absolute Gasteiger partial charge is 0.340 e. The van der Waals surface area contributed by atoms with E-state index < -0.39 is 0 Å². The van der Waals surface area contributed by atoms with Crippen LogP contribution in [0.15, 0.2) is 48.7 Å². The summed E-state index contributed by atoms with van der Waals surface area (Å²) in [5, 5.41) is 5.73. The van der Waals surface area contributed by atoms with Gasteiger partial charge < -0.3 is 15.5 Å². The average molecular weight is 378 g/mol. The van der Waals surface area contributed by atoms with Crippen LogP contribution in [0.1, 0.15) is 31.5 Å². The summed E-state index contributed by atoms with van der Waals surface area (Å²) < 4.78 is 0. The molecular weight excluding hydrogens is 352 g/mol. The van der Waals surface area contributed by atoms with E-state index in [0.29, 0.717) is 25.2 Å². The zero-order valence-electron chi connectivity index (χ0n) is 16.3. The Morgan fingerprint density at radius 2 is 2.11 bits per heavy atom. The Morgan fingerprint density at radius 1 is 1.25 bits per heavy atom. The van der Waals surface area contributed by atoms with Crippen LogP contribution in [-0.4, -0.2) is 41.0 Å². The molecule has 1 aliphatic heterocycles. The van der Waals surface area contributed by atoms with Crippen molar-refractivity contribution in [2.75, 3.05) is 18.4 Å². The molecule has 1 atom stereocenters. The second kappa shape index (κ2) is 9.17. The number of urea groups is 1. The van der Waals surface area contributed by atoms with Crippen molar-refractivity contribution in [3.63, 3.8) is 0 Å². The zero-order valence-corrected chi connectivity index (χ0v) is 16.3. The number of amides is 3. The van der Waals surface area contributed by atoms with E-state index in [1.54, 1.807) is 6.20 Å². The van der Waals surface area contributed by atoms with Crippen LogP contribution < -0.4 is 10.6 Å². The minimum atomic E-state index is -0.263. The molecule has 2 aromatic rings. The number of rotatable bonds is 6. The number of anilines is 1. The molecule has 6 nitrogen and oxygen atoms in total. The minimum absolute atomic E-state index is 0.160. The van der Waals surface area contributed by atoms with Crippen LogP contribution in [0.2, 0.25) is 0 Å². The van der Waals surface area contributed by atoms with Gasteiger partial charge in [0.2, 0.25) is 5.91 Å². The fourth-order valence-corrected chi connectivity index (χ4v) is 3.23. The maximum Gasteiger partial charge on any atom is 0.319 e. The molecule has 1 aromatic carbocycles. The highest BCUT2D eigenvalue weighted by Crippen LogP contribution is 2.19. The van der Waals surface area contributed by atoms with Crippen LogP contribution in [-0.2, 0) is 4.79 Å². The highest BCUT2D eigenvalue weighted by Gasteiger charge is 2.31. The predicted molar refractivity (Wildman–Crippen MR) is 112 cm³/mol. The Morgan fingerprint density at radius 3 is 2.82 bits per heavy atom. The maximum absolute atomic E-state index is 12.2. The maximum atomic E-state index is 12.2. The van der Waals surface area contributed by atoms with E-state index in [4.69, 9.17) is 0 Å². The lowest BCUT2D eigenvalue weighted by atomic mass is 10.1. The summed E-state index contributed by atoms with van der Waals surface area (Å²) in [6.45, 7) is 5.20. The van der Waals surface area contributed by atoms with Crippen molar-refractivity contribution >= 4 is 29.8 Å². The Balaban J connectivity index is 1.51. The number of aromatic nitrogens is 1. The summed E-state index contributed by atoms with van der Waals surface area (Å²) in [6, 6.07) is 13.3. The number of carbonyl (C=O) groups excluding carboxylic acids is 2. The summed E-state index contributed by atoms with van der Waals surface area (Å²) in [7, 11) is 0. The highest BCUT2D eigenvalue weighted by molar-refractivity contribution is 5.90. The van der Waals surface area contributed by atoms with Gasteiger partial charge in [-0.05, 0) is 49.8 Å². The van der Waals surface area contributed by atoms with Gasteiger partial charge in [-0.1, -0.05) is 24.3 Å². The lowest BCUT2D eigenvalue weighted by Crippen LogP contribution is -2.35. The number of nitrogens with one attached hydrogen (secondary N) is 2. The molecule has 28 heavy (non-hydrogen) atoms. The van der Waals surface area contributed by atoms with E-state index in [1.807, 2.05) is 73.4 Å². The normalized spacial score (nSPS) is 16.8. The summed E-state index contributed by atoms with van der Waals surface area (Å²) in [5.74, 6) is 0.322.